The van der Waals surface area contributed by atoms with Crippen LogP contribution in [0, 0.1) is 0 Å². The van der Waals surface area contributed by atoms with Crippen molar-refractivity contribution >= 4 is 17.3 Å². The summed E-state index contributed by atoms with van der Waals surface area (Å²) < 4.78 is 1.82. The van der Waals surface area contributed by atoms with Gasteiger partial charge in [0.1, 0.15) is 5.82 Å². The van der Waals surface area contributed by atoms with Crippen LogP contribution < -0.4 is 15.4 Å². The Morgan fingerprint density at radius 2 is 2.00 bits per heavy atom. The van der Waals surface area contributed by atoms with Crippen molar-refractivity contribution < 1.29 is 0 Å². The molecule has 3 aromatic rings. The normalized spacial score (nSPS) is 15.3. The van der Waals surface area contributed by atoms with Gasteiger partial charge in [0, 0.05) is 37.9 Å². The van der Waals surface area contributed by atoms with Crippen molar-refractivity contribution in [1.29, 1.82) is 0 Å². The molecule has 4 rings (SSSR count). The zero-order chi connectivity index (χ0) is 18.5. The van der Waals surface area contributed by atoms with Gasteiger partial charge in [0.05, 0.1) is 6.04 Å². The third-order valence-corrected chi connectivity index (χ3v) is 4.68. The number of anilines is 2. The van der Waals surface area contributed by atoms with Crippen molar-refractivity contribution in [1.82, 2.24) is 29.8 Å². The van der Waals surface area contributed by atoms with Crippen molar-refractivity contribution in [3.63, 3.8) is 0 Å². The van der Waals surface area contributed by atoms with Crippen LogP contribution in [-0.4, -0.2) is 56.0 Å². The van der Waals surface area contributed by atoms with E-state index in [1.165, 1.54) is 6.20 Å². The first kappa shape index (κ1) is 16.5. The van der Waals surface area contributed by atoms with Crippen molar-refractivity contribution in [3.05, 3.63) is 40.7 Å². The van der Waals surface area contributed by atoms with E-state index in [0.717, 1.165) is 30.4 Å². The Morgan fingerprint density at radius 3 is 2.69 bits per heavy atom. The second kappa shape index (κ2) is 5.79. The first-order chi connectivity index (χ1) is 12.3. The van der Waals surface area contributed by atoms with Crippen LogP contribution in [-0.2, 0) is 5.41 Å². The molecule has 0 bridgehead atoms. The van der Waals surface area contributed by atoms with Crippen LogP contribution in [0.25, 0.3) is 5.65 Å². The van der Waals surface area contributed by atoms with Gasteiger partial charge in [-0.2, -0.15) is 4.52 Å². The van der Waals surface area contributed by atoms with Crippen LogP contribution in [0.4, 0.5) is 11.6 Å². The Labute approximate surface area is 150 Å². The third kappa shape index (κ3) is 2.69. The summed E-state index contributed by atoms with van der Waals surface area (Å²) in [6, 6.07) is 4.11. The Kier molecular flexibility index (Phi) is 3.67. The lowest BCUT2D eigenvalue weighted by atomic mass is 9.96. The highest BCUT2D eigenvalue weighted by Crippen LogP contribution is 2.25. The average molecular weight is 354 g/mol. The summed E-state index contributed by atoms with van der Waals surface area (Å²) in [5, 5.41) is 13.2. The molecular weight excluding hydrogens is 332 g/mol. The summed E-state index contributed by atoms with van der Waals surface area (Å²) in [5.41, 5.74) is 0.433. The van der Waals surface area contributed by atoms with Gasteiger partial charge in [0.15, 0.2) is 17.3 Å². The zero-order valence-corrected chi connectivity index (χ0v) is 15.3. The number of nitrogens with zero attached hydrogens (tertiary/aromatic N) is 7. The van der Waals surface area contributed by atoms with Gasteiger partial charge in [-0.3, -0.25) is 4.79 Å². The fraction of sp³-hybridized carbons (Fsp3) is 0.471. The summed E-state index contributed by atoms with van der Waals surface area (Å²) in [7, 11) is 1.90. The fourth-order valence-corrected chi connectivity index (χ4v) is 3.07. The molecule has 3 aromatic heterocycles. The van der Waals surface area contributed by atoms with Gasteiger partial charge in [-0.1, -0.05) is 20.8 Å². The van der Waals surface area contributed by atoms with E-state index in [2.05, 4.69) is 45.8 Å². The Bertz CT molecular complexity index is 996. The lowest BCUT2D eigenvalue weighted by molar-refractivity contribution is 0.482. The molecule has 0 spiro atoms. The smallest absolute Gasteiger partial charge is 0.290 e. The predicted molar refractivity (Wildman–Crippen MR) is 98.7 cm³/mol. The first-order valence-corrected chi connectivity index (χ1v) is 8.59. The van der Waals surface area contributed by atoms with Gasteiger partial charge in [0.2, 0.25) is 0 Å². The minimum atomic E-state index is -0.174. The maximum absolute atomic E-state index is 11.9. The molecule has 0 radical (unpaired) electrons. The summed E-state index contributed by atoms with van der Waals surface area (Å²) in [6.07, 6.45) is 3.14. The molecule has 1 aliphatic heterocycles. The quantitative estimate of drug-likeness (QED) is 0.744. The largest absolute Gasteiger partial charge is 0.351 e. The molecule has 0 saturated carbocycles. The number of hydrogen-bond donors (Lipinski definition) is 1. The van der Waals surface area contributed by atoms with E-state index in [9.17, 15) is 4.79 Å². The SMILES string of the molecule is CN(c1ncc[nH]c1=O)C1CN(c2ccc3nnc(C(C)(C)C)n3n2)C1. The van der Waals surface area contributed by atoms with Crippen LogP contribution >= 0.6 is 0 Å². The molecule has 0 atom stereocenters. The van der Waals surface area contributed by atoms with E-state index in [-0.39, 0.29) is 17.0 Å². The Morgan fingerprint density at radius 1 is 1.23 bits per heavy atom. The van der Waals surface area contributed by atoms with E-state index in [0.29, 0.717) is 5.82 Å². The zero-order valence-electron chi connectivity index (χ0n) is 15.3. The molecule has 0 unspecified atom stereocenters. The van der Waals surface area contributed by atoms with Crippen molar-refractivity contribution in [3.8, 4) is 0 Å². The van der Waals surface area contributed by atoms with Gasteiger partial charge in [-0.25, -0.2) is 4.98 Å². The molecule has 0 aliphatic carbocycles. The lowest BCUT2D eigenvalue weighted by Crippen LogP contribution is -2.60. The van der Waals surface area contributed by atoms with E-state index in [4.69, 9.17) is 5.10 Å². The lowest BCUT2D eigenvalue weighted by Gasteiger charge is -2.44. The van der Waals surface area contributed by atoms with Crippen molar-refractivity contribution in [2.75, 3.05) is 29.9 Å². The maximum atomic E-state index is 11.9. The predicted octanol–water partition coefficient (Wildman–Crippen LogP) is 0.830. The first-order valence-electron chi connectivity index (χ1n) is 8.59. The van der Waals surface area contributed by atoms with E-state index >= 15 is 0 Å². The minimum absolute atomic E-state index is 0.136. The van der Waals surface area contributed by atoms with Crippen LogP contribution in [0.3, 0.4) is 0 Å². The highest BCUT2D eigenvalue weighted by Gasteiger charge is 2.33. The molecule has 0 aromatic carbocycles. The topological polar surface area (TPSA) is 95.3 Å². The summed E-state index contributed by atoms with van der Waals surface area (Å²) in [4.78, 5) is 22.8. The fourth-order valence-electron chi connectivity index (χ4n) is 3.07. The molecule has 9 heteroatoms. The molecule has 136 valence electrons. The molecule has 1 aliphatic rings. The van der Waals surface area contributed by atoms with Gasteiger partial charge >= 0.3 is 0 Å². The number of aromatic nitrogens is 6. The number of H-pyrrole nitrogens is 1. The van der Waals surface area contributed by atoms with Gasteiger partial charge in [-0.05, 0) is 12.1 Å². The van der Waals surface area contributed by atoms with Crippen molar-refractivity contribution in [2.24, 2.45) is 0 Å². The minimum Gasteiger partial charge on any atom is -0.351 e. The molecule has 1 fully saturated rings. The average Bonchev–Trinajstić information content (AvgIpc) is 2.97. The number of rotatable bonds is 3. The maximum Gasteiger partial charge on any atom is 0.290 e. The molecular formula is C17H22N8O. The molecule has 26 heavy (non-hydrogen) atoms. The summed E-state index contributed by atoms with van der Waals surface area (Å²) in [6.45, 7) is 7.83. The van der Waals surface area contributed by atoms with Gasteiger partial charge in [-0.15, -0.1) is 15.3 Å². The monoisotopic (exact) mass is 354 g/mol. The van der Waals surface area contributed by atoms with Gasteiger partial charge in [0.25, 0.3) is 5.56 Å². The van der Waals surface area contributed by atoms with E-state index in [1.54, 1.807) is 6.20 Å². The Balaban J connectivity index is 1.54. The summed E-state index contributed by atoms with van der Waals surface area (Å²) in [5.74, 6) is 2.15. The number of fused-ring (bicyclic) bond motifs is 1. The number of nitrogens with one attached hydrogen (secondary N) is 1. The summed E-state index contributed by atoms with van der Waals surface area (Å²) >= 11 is 0. The number of likely N-dealkylation sites (N-methyl/N-ethyl adjacent to an activating group) is 1. The molecule has 4 heterocycles. The molecule has 1 saturated heterocycles. The highest BCUT2D eigenvalue weighted by atomic mass is 16.1. The van der Waals surface area contributed by atoms with Crippen LogP contribution in [0.5, 0.6) is 0 Å². The Hall–Kier alpha value is -2.97. The standard InChI is InChI=1S/C17H22N8O/c1-17(2,3)16-21-20-12-5-6-13(22-25(12)16)24-9-11(10-24)23(4)14-15(26)19-8-7-18-14/h5-8,11H,9-10H2,1-4H3,(H,19,26). The second-order valence-electron chi connectivity index (χ2n) is 7.65. The highest BCUT2D eigenvalue weighted by molar-refractivity contribution is 5.50. The van der Waals surface area contributed by atoms with Gasteiger partial charge < -0.3 is 14.8 Å². The van der Waals surface area contributed by atoms with E-state index < -0.39 is 0 Å². The second-order valence-corrected chi connectivity index (χ2v) is 7.65. The third-order valence-electron chi connectivity index (χ3n) is 4.68. The van der Waals surface area contributed by atoms with Crippen LogP contribution in [0.15, 0.2) is 29.3 Å². The molecule has 9 nitrogen and oxygen atoms in total. The van der Waals surface area contributed by atoms with E-state index in [1.807, 2.05) is 28.6 Å². The van der Waals surface area contributed by atoms with Crippen LogP contribution in [0.2, 0.25) is 0 Å². The molecule has 0 amide bonds. The van der Waals surface area contributed by atoms with Crippen LogP contribution in [0.1, 0.15) is 26.6 Å². The number of aromatic amines is 1. The number of hydrogen-bond acceptors (Lipinski definition) is 7. The molecule has 1 N–H and O–H groups in total. The van der Waals surface area contributed by atoms with Crippen molar-refractivity contribution in [2.45, 2.75) is 32.2 Å².